The van der Waals surface area contributed by atoms with Crippen molar-refractivity contribution >= 4 is 10.8 Å². The maximum absolute atomic E-state index is 15.2. The lowest BCUT2D eigenvalue weighted by Crippen LogP contribution is -2.15. The van der Waals surface area contributed by atoms with E-state index in [0.29, 0.717) is 10.9 Å². The van der Waals surface area contributed by atoms with Crippen molar-refractivity contribution in [1.29, 1.82) is 0 Å². The van der Waals surface area contributed by atoms with Crippen molar-refractivity contribution < 1.29 is 4.39 Å². The van der Waals surface area contributed by atoms with E-state index in [-0.39, 0.29) is 5.82 Å². The van der Waals surface area contributed by atoms with Crippen molar-refractivity contribution in [2.45, 2.75) is 78.1 Å². The number of aryl methyl sites for hydroxylation is 2. The molecule has 1 aliphatic rings. The molecule has 182 valence electrons. The fourth-order valence-corrected chi connectivity index (χ4v) is 5.49. The van der Waals surface area contributed by atoms with Crippen LogP contribution < -0.4 is 0 Å². The van der Waals surface area contributed by atoms with Gasteiger partial charge in [-0.3, -0.25) is 0 Å². The Kier molecular flexibility index (Phi) is 9.19. The summed E-state index contributed by atoms with van der Waals surface area (Å²) in [5.74, 6) is 7.80. The van der Waals surface area contributed by atoms with Crippen LogP contribution in [0.5, 0.6) is 0 Å². The van der Waals surface area contributed by atoms with Crippen LogP contribution >= 0.6 is 0 Å². The Balaban J connectivity index is 1.38. The molecule has 0 aliphatic heterocycles. The molecule has 0 unspecified atom stereocenters. The van der Waals surface area contributed by atoms with E-state index in [1.54, 1.807) is 0 Å². The Morgan fingerprint density at radius 1 is 0.829 bits per heavy atom. The first kappa shape index (κ1) is 25.2. The van der Waals surface area contributed by atoms with Gasteiger partial charge in [-0.25, -0.2) is 4.39 Å². The van der Waals surface area contributed by atoms with Crippen molar-refractivity contribution in [3.8, 4) is 11.8 Å². The molecule has 0 radical (unpaired) electrons. The third kappa shape index (κ3) is 7.08. The van der Waals surface area contributed by atoms with E-state index >= 15 is 4.39 Å². The number of hydrogen-bond donors (Lipinski definition) is 0. The number of fused-ring (bicyclic) bond motifs is 1. The lowest BCUT2D eigenvalue weighted by atomic mass is 9.78. The Hall–Kier alpha value is -2.85. The van der Waals surface area contributed by atoms with Gasteiger partial charge < -0.3 is 0 Å². The van der Waals surface area contributed by atoms with Crippen LogP contribution in [0.2, 0.25) is 0 Å². The average Bonchev–Trinajstić information content (AvgIpc) is 2.89. The summed E-state index contributed by atoms with van der Waals surface area (Å²) in [5.41, 5.74) is 4.00. The van der Waals surface area contributed by atoms with Crippen LogP contribution in [-0.2, 0) is 12.8 Å². The highest BCUT2D eigenvalue weighted by Crippen LogP contribution is 2.34. The van der Waals surface area contributed by atoms with Gasteiger partial charge in [0, 0.05) is 10.9 Å². The minimum absolute atomic E-state index is 0.209. The van der Waals surface area contributed by atoms with Crippen LogP contribution in [0.25, 0.3) is 10.8 Å². The predicted molar refractivity (Wildman–Crippen MR) is 148 cm³/mol. The zero-order chi connectivity index (χ0) is 24.5. The Bertz CT molecular complexity index is 1180. The third-order valence-electron chi connectivity index (χ3n) is 7.65. The SMILES string of the molecule is C/C=C/CCc1ccc(C#Cc2ccc3cc(CCC4CCC(CCC)CC4)ccc3c2F)cc1. The zero-order valence-electron chi connectivity index (χ0n) is 21.5. The van der Waals surface area contributed by atoms with Crippen molar-refractivity contribution in [3.05, 3.63) is 94.8 Å². The molecule has 3 aromatic rings. The molecule has 35 heavy (non-hydrogen) atoms. The first-order valence-corrected chi connectivity index (χ1v) is 13.6. The minimum Gasteiger partial charge on any atom is -0.205 e. The van der Waals surface area contributed by atoms with Gasteiger partial charge in [0.05, 0.1) is 5.56 Å². The number of hydrogen-bond acceptors (Lipinski definition) is 0. The lowest BCUT2D eigenvalue weighted by Gasteiger charge is -2.28. The monoisotopic (exact) mass is 466 g/mol. The second-order valence-electron chi connectivity index (χ2n) is 10.3. The summed E-state index contributed by atoms with van der Waals surface area (Å²) in [6.07, 6.45) is 17.0. The van der Waals surface area contributed by atoms with Crippen LogP contribution in [0, 0.1) is 29.5 Å². The number of rotatable bonds is 8. The van der Waals surface area contributed by atoms with Crippen LogP contribution in [0.1, 0.15) is 87.5 Å². The van der Waals surface area contributed by atoms with E-state index < -0.39 is 0 Å². The summed E-state index contributed by atoms with van der Waals surface area (Å²) in [6, 6.07) is 18.4. The molecular weight excluding hydrogens is 427 g/mol. The molecule has 0 spiro atoms. The molecule has 1 aliphatic carbocycles. The standard InChI is InChI=1S/C34H39F/c1-3-5-6-8-27-11-15-29(16-12-27)19-21-31-22-23-32-25-30(20-24-33(32)34(31)35)18-17-28-13-9-26(7-4-2)10-14-28/h3,5,11-12,15-16,20,22-26,28H,4,6-10,13-14,17-18H2,1-2H3/b5-3+. The lowest BCUT2D eigenvalue weighted by molar-refractivity contribution is 0.252. The van der Waals surface area contributed by atoms with Crippen molar-refractivity contribution in [3.63, 3.8) is 0 Å². The molecule has 1 saturated carbocycles. The van der Waals surface area contributed by atoms with Gasteiger partial charge in [-0.1, -0.05) is 106 Å². The van der Waals surface area contributed by atoms with Gasteiger partial charge >= 0.3 is 0 Å². The third-order valence-corrected chi connectivity index (χ3v) is 7.65. The summed E-state index contributed by atoms with van der Waals surface area (Å²) in [4.78, 5) is 0. The van der Waals surface area contributed by atoms with Gasteiger partial charge in [0.15, 0.2) is 0 Å². The van der Waals surface area contributed by atoms with Crippen LogP contribution in [0.3, 0.4) is 0 Å². The molecule has 3 aromatic carbocycles. The van der Waals surface area contributed by atoms with E-state index in [4.69, 9.17) is 0 Å². The summed E-state index contributed by atoms with van der Waals surface area (Å²) >= 11 is 0. The minimum atomic E-state index is -0.209. The normalized spacial score (nSPS) is 18.0. The van der Waals surface area contributed by atoms with Gasteiger partial charge in [-0.2, -0.15) is 0 Å². The summed E-state index contributed by atoms with van der Waals surface area (Å²) in [7, 11) is 0. The maximum Gasteiger partial charge on any atom is 0.146 e. The molecule has 0 bridgehead atoms. The molecule has 0 aromatic heterocycles. The highest BCUT2D eigenvalue weighted by molar-refractivity contribution is 5.85. The molecular formula is C34H39F. The van der Waals surface area contributed by atoms with Crippen LogP contribution in [0.15, 0.2) is 66.7 Å². The molecule has 1 fully saturated rings. The Labute approximate surface area is 211 Å². The van der Waals surface area contributed by atoms with E-state index in [2.05, 4.69) is 55.2 Å². The van der Waals surface area contributed by atoms with Crippen molar-refractivity contribution in [1.82, 2.24) is 0 Å². The van der Waals surface area contributed by atoms with Gasteiger partial charge in [0.1, 0.15) is 5.82 Å². The number of halogens is 1. The predicted octanol–water partition coefficient (Wildman–Crippen LogP) is 9.43. The molecule has 0 heterocycles. The molecule has 1 heteroatoms. The molecule has 4 rings (SSSR count). The number of allylic oxidation sites excluding steroid dienone is 2. The van der Waals surface area contributed by atoms with E-state index in [1.165, 1.54) is 56.1 Å². The molecule has 0 N–H and O–H groups in total. The van der Waals surface area contributed by atoms with Crippen molar-refractivity contribution in [2.24, 2.45) is 11.8 Å². The zero-order valence-corrected chi connectivity index (χ0v) is 21.5. The Morgan fingerprint density at radius 3 is 2.26 bits per heavy atom. The Morgan fingerprint density at radius 2 is 1.54 bits per heavy atom. The quantitative estimate of drug-likeness (QED) is 0.229. The summed E-state index contributed by atoms with van der Waals surface area (Å²) in [5, 5.41) is 1.64. The smallest absolute Gasteiger partial charge is 0.146 e. The van der Waals surface area contributed by atoms with E-state index in [0.717, 1.165) is 42.0 Å². The van der Waals surface area contributed by atoms with E-state index in [9.17, 15) is 0 Å². The van der Waals surface area contributed by atoms with Crippen LogP contribution in [-0.4, -0.2) is 0 Å². The fourth-order valence-electron chi connectivity index (χ4n) is 5.49. The second-order valence-corrected chi connectivity index (χ2v) is 10.3. The van der Waals surface area contributed by atoms with Gasteiger partial charge in [0.25, 0.3) is 0 Å². The van der Waals surface area contributed by atoms with Gasteiger partial charge in [-0.15, -0.1) is 0 Å². The van der Waals surface area contributed by atoms with E-state index in [1.807, 2.05) is 37.3 Å². The largest absolute Gasteiger partial charge is 0.205 e. The fraction of sp³-hybridized carbons (Fsp3) is 0.412. The first-order chi connectivity index (χ1) is 17.2. The molecule has 0 saturated heterocycles. The summed E-state index contributed by atoms with van der Waals surface area (Å²) in [6.45, 7) is 4.35. The van der Waals surface area contributed by atoms with Crippen molar-refractivity contribution in [2.75, 3.05) is 0 Å². The summed E-state index contributed by atoms with van der Waals surface area (Å²) < 4.78 is 15.2. The highest BCUT2D eigenvalue weighted by atomic mass is 19.1. The van der Waals surface area contributed by atoms with Crippen LogP contribution in [0.4, 0.5) is 4.39 Å². The number of benzene rings is 3. The first-order valence-electron chi connectivity index (χ1n) is 13.6. The molecule has 0 nitrogen and oxygen atoms in total. The highest BCUT2D eigenvalue weighted by Gasteiger charge is 2.20. The molecule has 0 amide bonds. The average molecular weight is 467 g/mol. The van der Waals surface area contributed by atoms with Gasteiger partial charge in [0.2, 0.25) is 0 Å². The second kappa shape index (κ2) is 12.7. The molecule has 0 atom stereocenters. The van der Waals surface area contributed by atoms with Gasteiger partial charge in [-0.05, 0) is 79.2 Å². The maximum atomic E-state index is 15.2. The topological polar surface area (TPSA) is 0 Å².